The van der Waals surface area contributed by atoms with E-state index < -0.39 is 0 Å². The summed E-state index contributed by atoms with van der Waals surface area (Å²) in [5.41, 5.74) is 0.937. The van der Waals surface area contributed by atoms with E-state index in [1.165, 1.54) is 4.90 Å². The van der Waals surface area contributed by atoms with Crippen molar-refractivity contribution in [2.75, 3.05) is 0 Å². The van der Waals surface area contributed by atoms with Gasteiger partial charge in [0.25, 0.3) is 0 Å². The first kappa shape index (κ1) is 14.6. The lowest BCUT2D eigenvalue weighted by atomic mass is 9.97. The van der Waals surface area contributed by atoms with Gasteiger partial charge in [0.1, 0.15) is 7.85 Å². The largest absolute Gasteiger partial charge is 0.255 e. The van der Waals surface area contributed by atoms with Gasteiger partial charge in [-0.3, -0.25) is 4.72 Å². The molecular weight excluding hydrogens is 201 g/mol. The van der Waals surface area contributed by atoms with Gasteiger partial charge in [0.15, 0.2) is 0 Å². The van der Waals surface area contributed by atoms with Crippen LogP contribution in [0.1, 0.15) is 34.6 Å². The second kappa shape index (κ2) is 6.97. The van der Waals surface area contributed by atoms with Gasteiger partial charge in [0.05, 0.1) is 0 Å². The number of rotatable bonds is 2. The van der Waals surface area contributed by atoms with Gasteiger partial charge in [-0.15, -0.1) is 0 Å². The Balaban J connectivity index is 0.000000921. The molecular formula is C12H20BNS. The minimum absolute atomic E-state index is 0.131. The van der Waals surface area contributed by atoms with Crippen LogP contribution >= 0.6 is 11.9 Å². The Hall–Kier alpha value is -0.405. The zero-order valence-electron chi connectivity index (χ0n) is 10.3. The van der Waals surface area contributed by atoms with Crippen molar-refractivity contribution in [3.05, 3.63) is 24.3 Å². The third-order valence-corrected chi connectivity index (χ3v) is 2.58. The molecule has 0 saturated heterocycles. The quantitative estimate of drug-likeness (QED) is 0.608. The van der Waals surface area contributed by atoms with Crippen molar-refractivity contribution >= 4 is 25.3 Å². The number of hydrogen-bond acceptors (Lipinski definition) is 2. The fourth-order valence-corrected chi connectivity index (χ4v) is 1.44. The van der Waals surface area contributed by atoms with E-state index in [4.69, 9.17) is 7.85 Å². The highest BCUT2D eigenvalue weighted by Crippen LogP contribution is 2.16. The first-order valence-corrected chi connectivity index (χ1v) is 6.08. The van der Waals surface area contributed by atoms with E-state index in [9.17, 15) is 0 Å². The fourth-order valence-electron chi connectivity index (χ4n) is 0.748. The third kappa shape index (κ3) is 7.52. The van der Waals surface area contributed by atoms with E-state index in [0.717, 1.165) is 5.46 Å². The van der Waals surface area contributed by atoms with Gasteiger partial charge in [0, 0.05) is 10.4 Å². The van der Waals surface area contributed by atoms with Gasteiger partial charge in [-0.05, 0) is 44.9 Å². The normalized spacial score (nSPS) is 10.5. The molecule has 0 atom stereocenters. The molecule has 0 aliphatic heterocycles. The van der Waals surface area contributed by atoms with E-state index in [2.05, 4.69) is 25.5 Å². The standard InChI is InChI=1S/C10H14BNS.C2H6/c1-10(2,3)12-13-9-6-4-8(11)5-7-9;1-2/h4-7,12H,1-3H3;1-2H3. The molecule has 0 fully saturated rings. The number of nitrogens with one attached hydrogen (secondary N) is 1. The second-order valence-corrected chi connectivity index (χ2v) is 4.90. The fraction of sp³-hybridized carbons (Fsp3) is 0.500. The lowest BCUT2D eigenvalue weighted by Crippen LogP contribution is -2.29. The molecule has 3 heteroatoms. The van der Waals surface area contributed by atoms with Crippen LogP contribution in [0.2, 0.25) is 0 Å². The zero-order valence-corrected chi connectivity index (χ0v) is 11.1. The van der Waals surface area contributed by atoms with Crippen LogP contribution in [0, 0.1) is 0 Å². The Kier molecular flexibility index (Phi) is 6.78. The predicted octanol–water partition coefficient (Wildman–Crippen LogP) is 2.90. The van der Waals surface area contributed by atoms with E-state index >= 15 is 0 Å². The summed E-state index contributed by atoms with van der Waals surface area (Å²) >= 11 is 1.63. The first-order chi connectivity index (χ1) is 6.97. The van der Waals surface area contributed by atoms with E-state index in [1.807, 2.05) is 38.1 Å². The molecule has 0 unspecified atom stereocenters. The molecule has 1 aromatic carbocycles. The number of hydrogen-bond donors (Lipinski definition) is 1. The van der Waals surface area contributed by atoms with Crippen LogP contribution in [0.5, 0.6) is 0 Å². The highest BCUT2D eigenvalue weighted by Gasteiger charge is 2.08. The SMILES string of the molecule is CC.[B]c1ccc(SNC(C)(C)C)cc1. The minimum atomic E-state index is 0.131. The molecule has 0 saturated carbocycles. The van der Waals surface area contributed by atoms with Crippen molar-refractivity contribution in [1.82, 2.24) is 4.72 Å². The summed E-state index contributed by atoms with van der Waals surface area (Å²) in [6, 6.07) is 7.84. The van der Waals surface area contributed by atoms with Crippen molar-refractivity contribution in [3.63, 3.8) is 0 Å². The Labute approximate surface area is 99.6 Å². The summed E-state index contributed by atoms with van der Waals surface area (Å²) in [5.74, 6) is 0. The van der Waals surface area contributed by atoms with E-state index in [-0.39, 0.29) is 5.54 Å². The molecule has 0 bridgehead atoms. The van der Waals surface area contributed by atoms with Crippen LogP contribution in [-0.4, -0.2) is 13.4 Å². The lowest BCUT2D eigenvalue weighted by molar-refractivity contribution is 0.535. The Morgan fingerprint density at radius 3 is 1.93 bits per heavy atom. The van der Waals surface area contributed by atoms with Crippen LogP contribution in [0.4, 0.5) is 0 Å². The van der Waals surface area contributed by atoms with Crippen molar-refractivity contribution in [2.45, 2.75) is 45.1 Å². The maximum atomic E-state index is 5.58. The van der Waals surface area contributed by atoms with Gasteiger partial charge < -0.3 is 0 Å². The maximum absolute atomic E-state index is 5.58. The Bertz CT molecular complexity index is 264. The molecule has 2 radical (unpaired) electrons. The molecule has 1 N–H and O–H groups in total. The zero-order chi connectivity index (χ0) is 11.9. The van der Waals surface area contributed by atoms with Crippen molar-refractivity contribution in [2.24, 2.45) is 0 Å². The second-order valence-electron chi connectivity index (χ2n) is 4.02. The minimum Gasteiger partial charge on any atom is -0.255 e. The van der Waals surface area contributed by atoms with Gasteiger partial charge in [-0.2, -0.15) is 0 Å². The summed E-state index contributed by atoms with van der Waals surface area (Å²) in [4.78, 5) is 1.18. The van der Waals surface area contributed by atoms with Gasteiger partial charge in [-0.25, -0.2) is 0 Å². The molecule has 0 heterocycles. The average molecular weight is 221 g/mol. The highest BCUT2D eigenvalue weighted by atomic mass is 32.2. The molecule has 0 amide bonds. The molecule has 1 aromatic rings. The first-order valence-electron chi connectivity index (χ1n) is 5.27. The summed E-state index contributed by atoms with van der Waals surface area (Å²) < 4.78 is 3.33. The summed E-state index contributed by atoms with van der Waals surface area (Å²) in [7, 11) is 5.58. The molecule has 15 heavy (non-hydrogen) atoms. The van der Waals surface area contributed by atoms with E-state index in [0.29, 0.717) is 0 Å². The average Bonchev–Trinajstić information content (AvgIpc) is 2.19. The lowest BCUT2D eigenvalue weighted by Gasteiger charge is -2.19. The van der Waals surface area contributed by atoms with Crippen molar-refractivity contribution < 1.29 is 0 Å². The summed E-state index contributed by atoms with van der Waals surface area (Å²) in [6.45, 7) is 10.4. The monoisotopic (exact) mass is 221 g/mol. The molecule has 1 nitrogen and oxygen atoms in total. The maximum Gasteiger partial charge on any atom is 0.113 e. The van der Waals surface area contributed by atoms with Crippen molar-refractivity contribution in [3.8, 4) is 0 Å². The van der Waals surface area contributed by atoms with Gasteiger partial charge >= 0.3 is 0 Å². The third-order valence-electron chi connectivity index (χ3n) is 1.36. The molecule has 1 rings (SSSR count). The van der Waals surface area contributed by atoms with Crippen LogP contribution in [0.3, 0.4) is 0 Å². The smallest absolute Gasteiger partial charge is 0.113 e. The Morgan fingerprint density at radius 1 is 1.07 bits per heavy atom. The highest BCUT2D eigenvalue weighted by molar-refractivity contribution is 7.97. The molecule has 0 aliphatic rings. The van der Waals surface area contributed by atoms with Crippen LogP contribution in [-0.2, 0) is 0 Å². The molecule has 0 aliphatic carbocycles. The van der Waals surface area contributed by atoms with Gasteiger partial charge in [0.2, 0.25) is 0 Å². The summed E-state index contributed by atoms with van der Waals surface area (Å²) in [6.07, 6.45) is 0. The molecule has 0 aromatic heterocycles. The van der Waals surface area contributed by atoms with Gasteiger partial charge in [-0.1, -0.05) is 31.4 Å². The van der Waals surface area contributed by atoms with Crippen LogP contribution in [0.15, 0.2) is 29.2 Å². The topological polar surface area (TPSA) is 12.0 Å². The van der Waals surface area contributed by atoms with Crippen LogP contribution in [0.25, 0.3) is 0 Å². The molecule has 82 valence electrons. The number of benzene rings is 1. The summed E-state index contributed by atoms with van der Waals surface area (Å²) in [5, 5.41) is 0. The van der Waals surface area contributed by atoms with E-state index in [1.54, 1.807) is 11.9 Å². The Morgan fingerprint density at radius 2 is 1.53 bits per heavy atom. The van der Waals surface area contributed by atoms with Crippen molar-refractivity contribution in [1.29, 1.82) is 0 Å². The predicted molar refractivity (Wildman–Crippen MR) is 71.9 cm³/mol. The van der Waals surface area contributed by atoms with Crippen LogP contribution < -0.4 is 10.2 Å². The molecule has 0 spiro atoms.